The number of rotatable bonds is 2. The third kappa shape index (κ3) is 4.26. The van der Waals surface area contributed by atoms with Crippen LogP contribution in [0.3, 0.4) is 0 Å². The van der Waals surface area contributed by atoms with E-state index in [1.165, 1.54) is 0 Å². The fourth-order valence-corrected chi connectivity index (χ4v) is 2.43. The maximum Gasteiger partial charge on any atom is 0.257 e. The smallest absolute Gasteiger partial charge is 0.257 e. The van der Waals surface area contributed by atoms with Crippen LogP contribution in [-0.2, 0) is 0 Å². The van der Waals surface area contributed by atoms with E-state index in [0.717, 1.165) is 9.13 Å². The van der Waals surface area contributed by atoms with Crippen molar-refractivity contribution in [1.82, 2.24) is 5.32 Å². The van der Waals surface area contributed by atoms with Crippen molar-refractivity contribution in [3.8, 4) is 6.07 Å². The van der Waals surface area contributed by atoms with Crippen molar-refractivity contribution in [1.29, 1.82) is 5.26 Å². The number of carbonyl (C=O) groups is 1. The summed E-state index contributed by atoms with van der Waals surface area (Å²) in [5.74, 6) is -0.260. The molecule has 0 heterocycles. The number of thiocarbonyl (C=S) groups is 1. The molecule has 0 aliphatic rings. The lowest BCUT2D eigenvalue weighted by Gasteiger charge is -2.10. The summed E-state index contributed by atoms with van der Waals surface area (Å²) in [6.07, 6.45) is 0. The molecule has 1 amide bonds. The molecule has 110 valence electrons. The van der Waals surface area contributed by atoms with E-state index in [4.69, 9.17) is 17.5 Å². The molecular weight excluding hydrogens is 409 g/mol. The number of anilines is 1. The van der Waals surface area contributed by atoms with Crippen molar-refractivity contribution in [3.63, 3.8) is 0 Å². The first kappa shape index (κ1) is 16.4. The molecule has 0 aliphatic heterocycles. The first-order valence-electron chi connectivity index (χ1n) is 6.38. The van der Waals surface area contributed by atoms with Crippen LogP contribution in [0, 0.1) is 21.8 Å². The molecule has 0 saturated carbocycles. The Morgan fingerprint density at radius 1 is 1.23 bits per heavy atom. The van der Waals surface area contributed by atoms with Gasteiger partial charge in [-0.15, -0.1) is 0 Å². The topological polar surface area (TPSA) is 64.9 Å². The summed E-state index contributed by atoms with van der Waals surface area (Å²) in [4.78, 5) is 12.1. The standard InChI is InChI=1S/C16H12IN3OS/c1-10-2-5-12(8-14(10)17)15(21)20-16(22)19-13-6-3-11(9-18)4-7-13/h2-8H,1H3,(H2,19,20,21,22). The number of halogens is 1. The number of hydrogen-bond donors (Lipinski definition) is 2. The van der Waals surface area contributed by atoms with Crippen LogP contribution >= 0.6 is 34.8 Å². The summed E-state index contributed by atoms with van der Waals surface area (Å²) < 4.78 is 1.02. The third-order valence-corrected chi connectivity index (χ3v) is 4.30. The number of carbonyl (C=O) groups excluding carboxylic acids is 1. The van der Waals surface area contributed by atoms with Crippen LogP contribution in [0.25, 0.3) is 0 Å². The van der Waals surface area contributed by atoms with E-state index in [9.17, 15) is 4.79 Å². The second-order valence-electron chi connectivity index (χ2n) is 4.56. The van der Waals surface area contributed by atoms with Crippen molar-refractivity contribution >= 4 is 51.5 Å². The highest BCUT2D eigenvalue weighted by molar-refractivity contribution is 14.1. The molecule has 6 heteroatoms. The van der Waals surface area contributed by atoms with E-state index in [0.29, 0.717) is 16.8 Å². The number of benzene rings is 2. The lowest BCUT2D eigenvalue weighted by atomic mass is 10.1. The highest BCUT2D eigenvalue weighted by atomic mass is 127. The minimum Gasteiger partial charge on any atom is -0.332 e. The largest absolute Gasteiger partial charge is 0.332 e. The first-order chi connectivity index (χ1) is 10.5. The Labute approximate surface area is 147 Å². The molecule has 0 saturated heterocycles. The van der Waals surface area contributed by atoms with Gasteiger partial charge in [0.05, 0.1) is 11.6 Å². The number of hydrogen-bond acceptors (Lipinski definition) is 3. The Balaban J connectivity index is 2.00. The predicted octanol–water partition coefficient (Wildman–Crippen LogP) is 3.60. The van der Waals surface area contributed by atoms with Crippen molar-refractivity contribution in [2.45, 2.75) is 6.92 Å². The van der Waals surface area contributed by atoms with E-state index in [2.05, 4.69) is 33.2 Å². The predicted molar refractivity (Wildman–Crippen MR) is 98.7 cm³/mol. The van der Waals surface area contributed by atoms with Gasteiger partial charge in [-0.2, -0.15) is 5.26 Å². The third-order valence-electron chi connectivity index (χ3n) is 2.93. The lowest BCUT2D eigenvalue weighted by Crippen LogP contribution is -2.34. The zero-order chi connectivity index (χ0) is 16.1. The van der Waals surface area contributed by atoms with Gasteiger partial charge in [-0.3, -0.25) is 10.1 Å². The van der Waals surface area contributed by atoms with Gasteiger partial charge in [-0.05, 0) is 83.7 Å². The summed E-state index contributed by atoms with van der Waals surface area (Å²) in [7, 11) is 0. The highest BCUT2D eigenvalue weighted by Crippen LogP contribution is 2.13. The maximum absolute atomic E-state index is 12.1. The number of nitriles is 1. The normalized spacial score (nSPS) is 9.68. The monoisotopic (exact) mass is 421 g/mol. The molecule has 0 bridgehead atoms. The van der Waals surface area contributed by atoms with Crippen LogP contribution in [0.15, 0.2) is 42.5 Å². The molecule has 0 spiro atoms. The van der Waals surface area contributed by atoms with Crippen LogP contribution in [0.4, 0.5) is 5.69 Å². The number of nitrogens with one attached hydrogen (secondary N) is 2. The average Bonchev–Trinajstić information content (AvgIpc) is 2.50. The second kappa shape index (κ2) is 7.33. The molecule has 2 rings (SSSR count). The Kier molecular flexibility index (Phi) is 5.46. The average molecular weight is 421 g/mol. The molecule has 2 aromatic rings. The molecule has 0 atom stereocenters. The Bertz CT molecular complexity index is 766. The lowest BCUT2D eigenvalue weighted by molar-refractivity contribution is 0.0977. The number of nitrogens with zero attached hydrogens (tertiary/aromatic N) is 1. The van der Waals surface area contributed by atoms with Gasteiger partial charge in [0.1, 0.15) is 0 Å². The molecule has 0 unspecified atom stereocenters. The highest BCUT2D eigenvalue weighted by Gasteiger charge is 2.09. The summed E-state index contributed by atoms with van der Waals surface area (Å²) in [6, 6.07) is 14.3. The molecule has 2 aromatic carbocycles. The van der Waals surface area contributed by atoms with Crippen molar-refractivity contribution in [2.24, 2.45) is 0 Å². The van der Waals surface area contributed by atoms with Crippen LogP contribution in [0.2, 0.25) is 0 Å². The van der Waals surface area contributed by atoms with Gasteiger partial charge in [0, 0.05) is 14.8 Å². The van der Waals surface area contributed by atoms with Crippen LogP contribution < -0.4 is 10.6 Å². The van der Waals surface area contributed by atoms with Gasteiger partial charge in [0.15, 0.2) is 5.11 Å². The molecule has 2 N–H and O–H groups in total. The van der Waals surface area contributed by atoms with Crippen LogP contribution in [-0.4, -0.2) is 11.0 Å². The van der Waals surface area contributed by atoms with Gasteiger partial charge in [-0.25, -0.2) is 0 Å². The zero-order valence-electron chi connectivity index (χ0n) is 11.7. The zero-order valence-corrected chi connectivity index (χ0v) is 14.7. The second-order valence-corrected chi connectivity index (χ2v) is 6.13. The maximum atomic E-state index is 12.1. The summed E-state index contributed by atoms with van der Waals surface area (Å²) in [5, 5.41) is 14.5. The molecule has 22 heavy (non-hydrogen) atoms. The molecular formula is C16H12IN3OS. The van der Waals surface area contributed by atoms with Crippen molar-refractivity contribution in [3.05, 3.63) is 62.7 Å². The van der Waals surface area contributed by atoms with Crippen molar-refractivity contribution in [2.75, 3.05) is 5.32 Å². The van der Waals surface area contributed by atoms with Crippen LogP contribution in [0.5, 0.6) is 0 Å². The molecule has 4 nitrogen and oxygen atoms in total. The van der Waals surface area contributed by atoms with E-state index < -0.39 is 0 Å². The number of amides is 1. The quantitative estimate of drug-likeness (QED) is 0.575. The minimum absolute atomic E-state index is 0.213. The van der Waals surface area contributed by atoms with Gasteiger partial charge < -0.3 is 5.32 Å². The molecule has 0 aliphatic carbocycles. The van der Waals surface area contributed by atoms with E-state index in [-0.39, 0.29) is 11.0 Å². The van der Waals surface area contributed by atoms with Gasteiger partial charge in [0.2, 0.25) is 0 Å². The SMILES string of the molecule is Cc1ccc(C(=O)NC(=S)Nc2ccc(C#N)cc2)cc1I. The van der Waals surface area contributed by atoms with Crippen molar-refractivity contribution < 1.29 is 4.79 Å². The molecule has 0 radical (unpaired) electrons. The van der Waals surface area contributed by atoms with Gasteiger partial charge >= 0.3 is 0 Å². The fraction of sp³-hybridized carbons (Fsp3) is 0.0625. The summed E-state index contributed by atoms with van der Waals surface area (Å²) in [5.41, 5.74) is 2.95. The first-order valence-corrected chi connectivity index (χ1v) is 7.87. The van der Waals surface area contributed by atoms with Gasteiger partial charge in [-0.1, -0.05) is 6.07 Å². The van der Waals surface area contributed by atoms with E-state index >= 15 is 0 Å². The minimum atomic E-state index is -0.260. The molecule has 0 aromatic heterocycles. The Morgan fingerprint density at radius 3 is 2.50 bits per heavy atom. The molecule has 0 fully saturated rings. The Hall–Kier alpha value is -1.98. The van der Waals surface area contributed by atoms with E-state index in [1.807, 2.05) is 25.1 Å². The van der Waals surface area contributed by atoms with Crippen LogP contribution in [0.1, 0.15) is 21.5 Å². The number of aryl methyl sites for hydroxylation is 1. The fourth-order valence-electron chi connectivity index (χ4n) is 1.70. The van der Waals surface area contributed by atoms with Gasteiger partial charge in [0.25, 0.3) is 5.91 Å². The van der Waals surface area contributed by atoms with E-state index in [1.54, 1.807) is 30.3 Å². The summed E-state index contributed by atoms with van der Waals surface area (Å²) in [6.45, 7) is 1.99. The Morgan fingerprint density at radius 2 is 1.91 bits per heavy atom. The summed E-state index contributed by atoms with van der Waals surface area (Å²) >= 11 is 7.31.